The maximum Gasteiger partial charge on any atom is 0.219 e. The first kappa shape index (κ1) is 66.5. The Morgan fingerprint density at radius 1 is 0.262 bits per heavy atom. The van der Waals surface area contributed by atoms with Gasteiger partial charge in [0.05, 0.1) is 0 Å². The summed E-state index contributed by atoms with van der Waals surface area (Å²) in [6, 6.07) is 0.786. The minimum absolute atomic E-state index is 0.261. The molecule has 0 radical (unpaired) electrons. The molecule has 0 saturated carbocycles. The summed E-state index contributed by atoms with van der Waals surface area (Å²) in [5.41, 5.74) is 0. The smallest absolute Gasteiger partial charge is 0.219 e. The van der Waals surface area contributed by atoms with Crippen LogP contribution in [0.4, 0.5) is 0 Å². The first-order chi connectivity index (χ1) is 32.2. The predicted octanol–water partition coefficient (Wildman–Crippen LogP) is 21.8. The van der Waals surface area contributed by atoms with Gasteiger partial charge in [-0.05, 0) is 38.6 Å². The lowest BCUT2D eigenvalue weighted by Gasteiger charge is -2.19. The van der Waals surface area contributed by atoms with E-state index in [1.165, 1.54) is 328 Å². The van der Waals surface area contributed by atoms with Crippen LogP contribution >= 0.6 is 0 Å². The Kier molecular flexibility index (Phi) is 64.9. The van der Waals surface area contributed by atoms with Gasteiger partial charge in [0.25, 0.3) is 0 Å². The van der Waals surface area contributed by atoms with Gasteiger partial charge in [-0.15, -0.1) is 0 Å². The number of rotatable bonds is 56. The highest BCUT2D eigenvalue weighted by Gasteiger charge is 2.08. The molecule has 1 atom stereocenters. The number of amides is 1. The van der Waals surface area contributed by atoms with Crippen LogP contribution in [0.3, 0.4) is 0 Å². The zero-order valence-corrected chi connectivity index (χ0v) is 46.4. The molecule has 0 aromatic heterocycles. The van der Waals surface area contributed by atoms with Crippen molar-refractivity contribution in [2.24, 2.45) is 0 Å². The second kappa shape index (κ2) is 63.4. The topological polar surface area (TPSA) is 41.1 Å². The molecule has 0 rings (SSSR count). The third-order valence-corrected chi connectivity index (χ3v) is 14.4. The molecule has 0 fully saturated rings. The highest BCUT2D eigenvalue weighted by Crippen LogP contribution is 2.18. The maximum absolute atomic E-state index is 11.7. The zero-order valence-electron chi connectivity index (χ0n) is 46.4. The second-order valence-corrected chi connectivity index (χ2v) is 21.2. The average Bonchev–Trinajstić information content (AvgIpc) is 3.31. The van der Waals surface area contributed by atoms with Crippen LogP contribution in [0, 0.1) is 0 Å². The highest BCUT2D eigenvalue weighted by atomic mass is 16.1. The Hall–Kier alpha value is -0.570. The molecule has 3 nitrogen and oxygen atoms in total. The molecule has 65 heavy (non-hydrogen) atoms. The van der Waals surface area contributed by atoms with E-state index < -0.39 is 0 Å². The summed E-state index contributed by atoms with van der Waals surface area (Å²) in [6.07, 6.45) is 74.1. The van der Waals surface area contributed by atoms with Gasteiger partial charge in [0, 0.05) is 19.0 Å². The number of unbranched alkanes of at least 4 members (excludes halogenated alkanes) is 45. The van der Waals surface area contributed by atoms with Gasteiger partial charge in [0.15, 0.2) is 0 Å². The molecule has 0 aliphatic heterocycles. The lowest BCUT2D eigenvalue weighted by atomic mass is 9.99. The second-order valence-electron chi connectivity index (χ2n) is 21.2. The van der Waals surface area contributed by atoms with Crippen LogP contribution < -0.4 is 10.6 Å². The normalized spacial score (nSPS) is 11.8. The first-order valence-electron chi connectivity index (χ1n) is 31.2. The van der Waals surface area contributed by atoms with Gasteiger partial charge in [-0.1, -0.05) is 336 Å². The summed E-state index contributed by atoms with van der Waals surface area (Å²) in [5.74, 6) is 0.261. The summed E-state index contributed by atoms with van der Waals surface area (Å²) in [6.45, 7) is 13.6. The monoisotopic (exact) mass is 917 g/mol. The summed E-state index contributed by atoms with van der Waals surface area (Å²) < 4.78 is 0. The highest BCUT2D eigenvalue weighted by molar-refractivity contribution is 5.75. The van der Waals surface area contributed by atoms with Gasteiger partial charge in [-0.25, -0.2) is 0 Å². The molecule has 0 spiro atoms. The van der Waals surface area contributed by atoms with Crippen molar-refractivity contribution in [1.29, 1.82) is 0 Å². The van der Waals surface area contributed by atoms with Gasteiger partial charge in [-0.2, -0.15) is 0 Å². The van der Waals surface area contributed by atoms with Crippen LogP contribution in [0.25, 0.3) is 0 Å². The summed E-state index contributed by atoms with van der Waals surface area (Å²) in [7, 11) is 0. The Balaban J connectivity index is 0. The van der Waals surface area contributed by atoms with Gasteiger partial charge in [-0.3, -0.25) is 4.79 Å². The van der Waals surface area contributed by atoms with E-state index in [1.807, 2.05) is 0 Å². The van der Waals surface area contributed by atoms with Gasteiger partial charge < -0.3 is 10.6 Å². The van der Waals surface area contributed by atoms with E-state index in [0.29, 0.717) is 0 Å². The van der Waals surface area contributed by atoms with E-state index in [2.05, 4.69) is 45.3 Å². The van der Waals surface area contributed by atoms with Crippen LogP contribution in [0.15, 0.2) is 0 Å². The van der Waals surface area contributed by atoms with E-state index in [4.69, 9.17) is 0 Å². The van der Waals surface area contributed by atoms with E-state index in [1.54, 1.807) is 0 Å². The third-order valence-electron chi connectivity index (χ3n) is 14.4. The van der Waals surface area contributed by atoms with Crippen LogP contribution in [0.2, 0.25) is 0 Å². The minimum atomic E-state index is 0.261. The summed E-state index contributed by atoms with van der Waals surface area (Å²) in [5, 5.41) is 7.09. The van der Waals surface area contributed by atoms with E-state index >= 15 is 0 Å². The molecule has 1 unspecified atom stereocenters. The molecular weight excluding hydrogens is 789 g/mol. The number of nitrogens with one attached hydrogen (secondary N) is 2. The lowest BCUT2D eigenvalue weighted by molar-refractivity contribution is -0.121. The fourth-order valence-corrected chi connectivity index (χ4v) is 9.73. The third kappa shape index (κ3) is 63.4. The van der Waals surface area contributed by atoms with Gasteiger partial charge in [0.2, 0.25) is 5.91 Å². The van der Waals surface area contributed by atoms with E-state index in [0.717, 1.165) is 31.8 Å². The predicted molar refractivity (Wildman–Crippen MR) is 298 cm³/mol. The fourth-order valence-electron chi connectivity index (χ4n) is 9.73. The van der Waals surface area contributed by atoms with E-state index in [-0.39, 0.29) is 5.91 Å². The van der Waals surface area contributed by atoms with Crippen LogP contribution in [0.5, 0.6) is 0 Å². The van der Waals surface area contributed by atoms with Crippen molar-refractivity contribution in [1.82, 2.24) is 10.6 Å². The van der Waals surface area contributed by atoms with Crippen LogP contribution in [-0.2, 0) is 4.79 Å². The van der Waals surface area contributed by atoms with Crippen molar-refractivity contribution in [2.75, 3.05) is 13.1 Å². The van der Waals surface area contributed by atoms with Crippen molar-refractivity contribution in [3.63, 3.8) is 0 Å². The Labute approximate surface area is 413 Å². The molecule has 0 aromatic rings. The number of carbonyl (C=O) groups excluding carboxylic acids is 1. The first-order valence-corrected chi connectivity index (χ1v) is 31.2. The molecule has 1 amide bonds. The SMILES string of the molecule is CCCCCCCCCCCC(=O)NCCCCCCCC.CCCCCCCCCCCCCCNC(CCCCCCCCCCCCC)CCCCCCCCCCCCCC. The minimum Gasteiger partial charge on any atom is -0.356 e. The molecule has 392 valence electrons. The number of carbonyl (C=O) groups is 1. The van der Waals surface area contributed by atoms with Crippen LogP contribution in [0.1, 0.15) is 375 Å². The quantitative estimate of drug-likeness (QED) is 0.0597. The van der Waals surface area contributed by atoms with E-state index in [9.17, 15) is 4.79 Å². The largest absolute Gasteiger partial charge is 0.356 e. The summed E-state index contributed by atoms with van der Waals surface area (Å²) >= 11 is 0. The van der Waals surface area contributed by atoms with Crippen molar-refractivity contribution >= 4 is 5.91 Å². The Bertz CT molecular complexity index is 814. The standard InChI is InChI=1S/C42H87N.C20H41NO/c1-4-7-10-13-16-19-22-25-28-31-34-37-40-42(39-36-33-30-27-24-21-18-15-12-9-6-3)43-41-38-35-32-29-26-23-20-17-14-11-8-5-2;1-3-5-7-9-11-12-13-14-16-18-20(22)21-19-17-15-10-8-6-4-2/h42-43H,4-41H2,1-3H3;3-19H2,1-2H3,(H,21,22). The number of hydrogen-bond donors (Lipinski definition) is 2. The van der Waals surface area contributed by atoms with Crippen molar-refractivity contribution in [3.8, 4) is 0 Å². The zero-order chi connectivity index (χ0) is 47.5. The van der Waals surface area contributed by atoms with Gasteiger partial charge >= 0.3 is 0 Å². The molecule has 2 N–H and O–H groups in total. The Morgan fingerprint density at radius 2 is 0.477 bits per heavy atom. The average molecular weight is 918 g/mol. The van der Waals surface area contributed by atoms with Crippen molar-refractivity contribution < 1.29 is 4.79 Å². The number of hydrogen-bond acceptors (Lipinski definition) is 2. The lowest BCUT2D eigenvalue weighted by Crippen LogP contribution is -2.30. The van der Waals surface area contributed by atoms with Crippen molar-refractivity contribution in [3.05, 3.63) is 0 Å². The van der Waals surface area contributed by atoms with Crippen LogP contribution in [-0.4, -0.2) is 25.0 Å². The van der Waals surface area contributed by atoms with Crippen molar-refractivity contribution in [2.45, 2.75) is 381 Å². The maximum atomic E-state index is 11.7. The fraction of sp³-hybridized carbons (Fsp3) is 0.984. The molecule has 0 aliphatic rings. The van der Waals surface area contributed by atoms with Gasteiger partial charge in [0.1, 0.15) is 0 Å². The molecule has 0 bridgehead atoms. The summed E-state index contributed by atoms with van der Waals surface area (Å²) in [4.78, 5) is 11.7. The Morgan fingerprint density at radius 3 is 0.754 bits per heavy atom. The molecular formula is C62H128N2O. The molecule has 0 aliphatic carbocycles. The molecule has 0 heterocycles. The molecule has 0 saturated heterocycles. The molecule has 3 heteroatoms. The molecule has 0 aromatic carbocycles.